The highest BCUT2D eigenvalue weighted by atomic mass is 79.9. The molecule has 116 valence electrons. The molecule has 1 aromatic rings. The molecule has 1 atom stereocenters. The van der Waals surface area contributed by atoms with Crippen molar-refractivity contribution in [1.82, 2.24) is 5.32 Å². The van der Waals surface area contributed by atoms with Gasteiger partial charge in [0.25, 0.3) is 11.6 Å². The minimum atomic E-state index is -0.461. The molecule has 0 spiro atoms. The topological polar surface area (TPSA) is 72.2 Å². The van der Waals surface area contributed by atoms with E-state index in [1.807, 2.05) is 0 Å². The Labute approximate surface area is 133 Å². The number of amides is 1. The fourth-order valence-electron chi connectivity index (χ4n) is 2.20. The first kappa shape index (κ1) is 17.6. The Bertz CT molecular complexity index is 500. The van der Waals surface area contributed by atoms with Crippen molar-refractivity contribution < 1.29 is 9.72 Å². The summed E-state index contributed by atoms with van der Waals surface area (Å²) in [6.07, 6.45) is 3.13. The van der Waals surface area contributed by atoms with Gasteiger partial charge >= 0.3 is 0 Å². The van der Waals surface area contributed by atoms with Crippen molar-refractivity contribution in [2.45, 2.75) is 33.1 Å². The van der Waals surface area contributed by atoms with Crippen LogP contribution in [0.2, 0.25) is 0 Å². The van der Waals surface area contributed by atoms with Gasteiger partial charge in [-0.05, 0) is 31.7 Å². The molecular formula is C15H21BrN2O3. The minimum absolute atomic E-state index is 0.0202. The van der Waals surface area contributed by atoms with E-state index in [0.717, 1.165) is 24.6 Å². The summed E-state index contributed by atoms with van der Waals surface area (Å²) in [6, 6.07) is 4.57. The van der Waals surface area contributed by atoms with E-state index >= 15 is 0 Å². The summed E-state index contributed by atoms with van der Waals surface area (Å²) in [5.74, 6) is 0.174. The highest BCUT2D eigenvalue weighted by molar-refractivity contribution is 9.09. The maximum absolute atomic E-state index is 12.1. The third kappa shape index (κ3) is 5.46. The van der Waals surface area contributed by atoms with Gasteiger partial charge in [0, 0.05) is 29.1 Å². The molecule has 0 aliphatic heterocycles. The van der Waals surface area contributed by atoms with Gasteiger partial charge in [0.05, 0.1) is 4.92 Å². The Balaban J connectivity index is 2.71. The van der Waals surface area contributed by atoms with E-state index in [4.69, 9.17) is 0 Å². The van der Waals surface area contributed by atoms with Gasteiger partial charge in [-0.3, -0.25) is 14.9 Å². The van der Waals surface area contributed by atoms with Crippen LogP contribution in [0.5, 0.6) is 0 Å². The Morgan fingerprint density at radius 1 is 1.43 bits per heavy atom. The third-order valence-corrected chi connectivity index (χ3v) is 3.89. The number of nitrogens with zero attached hydrogens (tertiary/aromatic N) is 1. The molecule has 0 bridgehead atoms. The predicted molar refractivity (Wildman–Crippen MR) is 87.0 cm³/mol. The van der Waals surface area contributed by atoms with Gasteiger partial charge < -0.3 is 5.32 Å². The van der Waals surface area contributed by atoms with Crippen LogP contribution in [0.15, 0.2) is 18.2 Å². The lowest BCUT2D eigenvalue weighted by Gasteiger charge is -2.15. The van der Waals surface area contributed by atoms with Gasteiger partial charge in [-0.1, -0.05) is 35.3 Å². The first-order valence-electron chi connectivity index (χ1n) is 7.08. The fourth-order valence-corrected chi connectivity index (χ4v) is 2.84. The molecule has 1 unspecified atom stereocenters. The summed E-state index contributed by atoms with van der Waals surface area (Å²) in [7, 11) is 0. The molecule has 6 heteroatoms. The number of halogens is 1. The number of nitro groups is 1. The zero-order valence-corrected chi connectivity index (χ0v) is 14.0. The smallest absolute Gasteiger partial charge is 0.273 e. The number of nitro benzene ring substituents is 1. The highest BCUT2D eigenvalue weighted by Gasteiger charge is 2.16. The molecule has 21 heavy (non-hydrogen) atoms. The normalized spacial score (nSPS) is 12.0. The second-order valence-corrected chi connectivity index (χ2v) is 5.89. The molecule has 0 heterocycles. The predicted octanol–water partition coefficient (Wildman–Crippen LogP) is 3.83. The molecule has 1 N–H and O–H groups in total. The number of carbonyl (C=O) groups excluding carboxylic acids is 1. The van der Waals surface area contributed by atoms with Crippen LogP contribution in [0, 0.1) is 23.0 Å². The molecule has 0 fully saturated rings. The lowest BCUT2D eigenvalue weighted by atomic mass is 10.0. The van der Waals surface area contributed by atoms with E-state index in [0.29, 0.717) is 23.6 Å². The van der Waals surface area contributed by atoms with Crippen LogP contribution in [0.3, 0.4) is 0 Å². The van der Waals surface area contributed by atoms with Crippen molar-refractivity contribution in [2.75, 3.05) is 11.9 Å². The van der Waals surface area contributed by atoms with Crippen LogP contribution in [0.1, 0.15) is 42.1 Å². The van der Waals surface area contributed by atoms with Crippen LogP contribution in [-0.2, 0) is 0 Å². The second-order valence-electron chi connectivity index (χ2n) is 5.10. The van der Waals surface area contributed by atoms with Gasteiger partial charge in [-0.25, -0.2) is 0 Å². The van der Waals surface area contributed by atoms with Gasteiger partial charge in [0.2, 0.25) is 0 Å². The van der Waals surface area contributed by atoms with Crippen LogP contribution in [0.4, 0.5) is 5.69 Å². The minimum Gasteiger partial charge on any atom is -0.352 e. The van der Waals surface area contributed by atoms with E-state index in [1.54, 1.807) is 19.1 Å². The van der Waals surface area contributed by atoms with Crippen molar-refractivity contribution in [1.29, 1.82) is 0 Å². The number of alkyl halides is 1. The summed E-state index contributed by atoms with van der Waals surface area (Å²) in [5, 5.41) is 14.7. The van der Waals surface area contributed by atoms with Crippen molar-refractivity contribution in [3.63, 3.8) is 0 Å². The van der Waals surface area contributed by atoms with Crippen molar-refractivity contribution >= 4 is 27.5 Å². The molecule has 0 aliphatic carbocycles. The average Bonchev–Trinajstić information content (AvgIpc) is 2.45. The monoisotopic (exact) mass is 356 g/mol. The average molecular weight is 357 g/mol. The molecule has 0 aliphatic rings. The SMILES string of the molecule is CCCC(CCBr)CNC(=O)c1ccc(C)c([N+](=O)[O-])c1. The fraction of sp³-hybridized carbons (Fsp3) is 0.533. The Kier molecular flexibility index (Phi) is 7.36. The maximum Gasteiger partial charge on any atom is 0.273 e. The van der Waals surface area contributed by atoms with Crippen molar-refractivity contribution in [3.05, 3.63) is 39.4 Å². The maximum atomic E-state index is 12.1. The standard InChI is InChI=1S/C15H21BrN2O3/c1-3-4-12(7-8-16)10-17-15(19)13-6-5-11(2)14(9-13)18(20)21/h5-6,9,12H,3-4,7-8,10H2,1-2H3,(H,17,19). The summed E-state index contributed by atoms with van der Waals surface area (Å²) in [5.41, 5.74) is 0.870. The Morgan fingerprint density at radius 2 is 2.14 bits per heavy atom. The van der Waals surface area contributed by atoms with E-state index in [9.17, 15) is 14.9 Å². The molecule has 1 aromatic carbocycles. The molecule has 0 aromatic heterocycles. The number of hydrogen-bond acceptors (Lipinski definition) is 3. The Morgan fingerprint density at radius 3 is 2.71 bits per heavy atom. The number of hydrogen-bond donors (Lipinski definition) is 1. The summed E-state index contributed by atoms with van der Waals surface area (Å²) in [6.45, 7) is 4.37. The quantitative estimate of drug-likeness (QED) is 0.437. The third-order valence-electron chi connectivity index (χ3n) is 3.43. The molecule has 1 rings (SSSR count). The largest absolute Gasteiger partial charge is 0.352 e. The first-order valence-corrected chi connectivity index (χ1v) is 8.21. The zero-order chi connectivity index (χ0) is 15.8. The lowest BCUT2D eigenvalue weighted by molar-refractivity contribution is -0.385. The van der Waals surface area contributed by atoms with E-state index < -0.39 is 4.92 Å². The van der Waals surface area contributed by atoms with E-state index in [2.05, 4.69) is 28.2 Å². The van der Waals surface area contributed by atoms with Crippen LogP contribution < -0.4 is 5.32 Å². The van der Waals surface area contributed by atoms with E-state index in [1.165, 1.54) is 6.07 Å². The first-order chi connectivity index (χ1) is 9.99. The van der Waals surface area contributed by atoms with Crippen molar-refractivity contribution in [2.24, 2.45) is 5.92 Å². The lowest BCUT2D eigenvalue weighted by Crippen LogP contribution is -2.29. The molecule has 0 saturated carbocycles. The number of rotatable bonds is 8. The number of nitrogens with one attached hydrogen (secondary N) is 1. The summed E-state index contributed by atoms with van der Waals surface area (Å²) >= 11 is 3.42. The highest BCUT2D eigenvalue weighted by Crippen LogP contribution is 2.19. The molecule has 0 saturated heterocycles. The summed E-state index contributed by atoms with van der Waals surface area (Å²) in [4.78, 5) is 22.5. The van der Waals surface area contributed by atoms with Gasteiger partial charge in [0.15, 0.2) is 0 Å². The zero-order valence-electron chi connectivity index (χ0n) is 12.4. The van der Waals surface area contributed by atoms with Crippen LogP contribution in [-0.4, -0.2) is 22.7 Å². The molecule has 0 radical (unpaired) electrons. The molecule has 5 nitrogen and oxygen atoms in total. The number of carbonyl (C=O) groups is 1. The molecule has 1 amide bonds. The van der Waals surface area contributed by atoms with Gasteiger partial charge in [0.1, 0.15) is 0 Å². The Hall–Kier alpha value is -1.43. The van der Waals surface area contributed by atoms with Gasteiger partial charge in [-0.15, -0.1) is 0 Å². The number of benzene rings is 1. The van der Waals surface area contributed by atoms with Crippen molar-refractivity contribution in [3.8, 4) is 0 Å². The van der Waals surface area contributed by atoms with Crippen LogP contribution in [0.25, 0.3) is 0 Å². The van der Waals surface area contributed by atoms with E-state index in [-0.39, 0.29) is 11.6 Å². The second kappa shape index (κ2) is 8.77. The summed E-state index contributed by atoms with van der Waals surface area (Å²) < 4.78 is 0. The molecular weight excluding hydrogens is 336 g/mol. The number of aryl methyl sites for hydroxylation is 1. The van der Waals surface area contributed by atoms with Gasteiger partial charge in [-0.2, -0.15) is 0 Å². The van der Waals surface area contributed by atoms with Crippen LogP contribution >= 0.6 is 15.9 Å².